The zero-order chi connectivity index (χ0) is 21.7. The van der Waals surface area contributed by atoms with E-state index < -0.39 is 16.0 Å². The first-order valence-electron chi connectivity index (χ1n) is 10.3. The molecule has 158 valence electrons. The summed E-state index contributed by atoms with van der Waals surface area (Å²) in [6, 6.07) is 4.02. The molecular weight excluding hydrogens is 368 g/mol. The molecule has 0 aliphatic heterocycles. The summed E-state index contributed by atoms with van der Waals surface area (Å²) in [6.07, 6.45) is 1.36. The molecule has 4 heteroatoms. The average molecular weight is 407 g/mol. The molecule has 28 heavy (non-hydrogen) atoms. The van der Waals surface area contributed by atoms with Crippen molar-refractivity contribution >= 4 is 16.6 Å². The van der Waals surface area contributed by atoms with Crippen molar-refractivity contribution in [3.63, 3.8) is 0 Å². The predicted octanol–water partition coefficient (Wildman–Crippen LogP) is 5.79. The first-order valence-corrected chi connectivity index (χ1v) is 11.5. The van der Waals surface area contributed by atoms with Crippen molar-refractivity contribution in [1.82, 2.24) is 0 Å². The number of hydrogen-bond acceptors (Lipinski definition) is 3. The van der Waals surface area contributed by atoms with Gasteiger partial charge in [-0.15, -0.1) is 0 Å². The van der Waals surface area contributed by atoms with Crippen molar-refractivity contribution in [3.05, 3.63) is 23.3 Å². The van der Waals surface area contributed by atoms with E-state index >= 15 is 0 Å². The molecular formula is C24H38O3S. The zero-order valence-corrected chi connectivity index (χ0v) is 20.2. The Morgan fingerprint density at radius 3 is 1.75 bits per heavy atom. The highest BCUT2D eigenvalue weighted by molar-refractivity contribution is 7.86. The fourth-order valence-corrected chi connectivity index (χ4v) is 6.13. The van der Waals surface area contributed by atoms with Crippen molar-refractivity contribution in [2.24, 2.45) is 11.3 Å². The number of carbonyl (C=O) groups is 1. The molecule has 0 radical (unpaired) electrons. The summed E-state index contributed by atoms with van der Waals surface area (Å²) in [6.45, 7) is 19.3. The molecule has 1 aromatic rings. The fraction of sp³-hybridized carbons (Fsp3) is 0.708. The zero-order valence-electron chi connectivity index (χ0n) is 19.4. The van der Waals surface area contributed by atoms with Crippen molar-refractivity contribution in [2.45, 2.75) is 96.1 Å². The first-order chi connectivity index (χ1) is 12.6. The van der Waals surface area contributed by atoms with E-state index in [4.69, 9.17) is 4.74 Å². The Hall–Kier alpha value is -1.16. The molecule has 1 aliphatic carbocycles. The Labute approximate surface area is 174 Å². The second kappa shape index (κ2) is 7.59. The molecule has 3 atom stereocenters. The van der Waals surface area contributed by atoms with Crippen molar-refractivity contribution in [3.8, 4) is 5.75 Å². The number of hydrogen-bond donors (Lipinski definition) is 0. The van der Waals surface area contributed by atoms with Gasteiger partial charge in [0.05, 0.1) is 17.9 Å². The molecule has 1 fully saturated rings. The maximum atomic E-state index is 13.7. The molecule has 0 aromatic heterocycles. The van der Waals surface area contributed by atoms with Crippen LogP contribution >= 0.6 is 0 Å². The molecule has 0 N–H and O–H groups in total. The lowest BCUT2D eigenvalue weighted by molar-refractivity contribution is -0.117. The summed E-state index contributed by atoms with van der Waals surface area (Å²) in [5.41, 5.74) is 1.73. The van der Waals surface area contributed by atoms with E-state index in [1.807, 2.05) is 12.1 Å². The highest BCUT2D eigenvalue weighted by atomic mass is 32.2. The number of rotatable bonds is 3. The Balaban J connectivity index is 2.68. The number of ether oxygens (including phenoxy) is 1. The van der Waals surface area contributed by atoms with Crippen LogP contribution in [0.1, 0.15) is 86.3 Å². The number of Topliss-reactive ketones (excluding diaryl/α,β-unsaturated/α-hetero) is 1. The standard InChI is InChI=1S/C24H38O3S/c1-22(2,3)16-11-12-19(25)21(16)28(26)15-13-17(23(4,5)6)20(27-10)18(14-15)24(7,8)9/h13-14,16,21H,11-12H2,1-10H3/t16-,21+,28+/m0/s1. The van der Waals surface area contributed by atoms with Gasteiger partial charge in [-0.25, -0.2) is 0 Å². The van der Waals surface area contributed by atoms with Crippen molar-refractivity contribution in [1.29, 1.82) is 0 Å². The summed E-state index contributed by atoms with van der Waals surface area (Å²) in [5, 5.41) is -0.422. The van der Waals surface area contributed by atoms with Gasteiger partial charge in [0.2, 0.25) is 0 Å². The monoisotopic (exact) mass is 406 g/mol. The third-order valence-electron chi connectivity index (χ3n) is 5.84. The van der Waals surface area contributed by atoms with Crippen LogP contribution in [0.3, 0.4) is 0 Å². The predicted molar refractivity (Wildman–Crippen MR) is 118 cm³/mol. The van der Waals surface area contributed by atoms with Gasteiger partial charge in [0.25, 0.3) is 0 Å². The minimum absolute atomic E-state index is 0.0430. The van der Waals surface area contributed by atoms with E-state index in [9.17, 15) is 9.00 Å². The van der Waals surface area contributed by atoms with Crippen LogP contribution in [-0.4, -0.2) is 22.4 Å². The molecule has 1 aromatic carbocycles. The van der Waals surface area contributed by atoms with Crippen molar-refractivity contribution < 1.29 is 13.7 Å². The number of ketones is 1. The lowest BCUT2D eigenvalue weighted by Gasteiger charge is -2.32. The average Bonchev–Trinajstić information content (AvgIpc) is 2.93. The summed E-state index contributed by atoms with van der Waals surface area (Å²) in [4.78, 5) is 13.5. The molecule has 3 nitrogen and oxygen atoms in total. The SMILES string of the molecule is COc1c(C(C)(C)C)cc([S@@](=O)[C@H]2C(=O)CC[C@@H]2C(C)(C)C)cc1C(C)(C)C. The van der Waals surface area contributed by atoms with Gasteiger partial charge >= 0.3 is 0 Å². The largest absolute Gasteiger partial charge is 0.496 e. The summed E-state index contributed by atoms with van der Waals surface area (Å²) in [7, 11) is 0.330. The molecule has 0 heterocycles. The second-order valence-corrected chi connectivity index (χ2v) is 12.8. The van der Waals surface area contributed by atoms with E-state index in [2.05, 4.69) is 62.3 Å². The topological polar surface area (TPSA) is 43.4 Å². The minimum atomic E-state index is -1.37. The minimum Gasteiger partial charge on any atom is -0.496 e. The molecule has 0 amide bonds. The normalized spacial score (nSPS) is 22.4. The van der Waals surface area contributed by atoms with Crippen LogP contribution in [0, 0.1) is 11.3 Å². The van der Waals surface area contributed by atoms with Crippen molar-refractivity contribution in [2.75, 3.05) is 7.11 Å². The van der Waals surface area contributed by atoms with Gasteiger partial charge in [-0.1, -0.05) is 62.3 Å². The van der Waals surface area contributed by atoms with Crippen LogP contribution in [0.5, 0.6) is 5.75 Å². The van der Waals surface area contributed by atoms with E-state index in [-0.39, 0.29) is 27.9 Å². The lowest BCUT2D eigenvalue weighted by atomic mass is 9.79. The van der Waals surface area contributed by atoms with Gasteiger partial charge in [0.15, 0.2) is 0 Å². The lowest BCUT2D eigenvalue weighted by Crippen LogP contribution is -2.35. The molecule has 0 bridgehead atoms. The summed E-state index contributed by atoms with van der Waals surface area (Å²) in [5.74, 6) is 1.15. The van der Waals surface area contributed by atoms with E-state index in [1.54, 1.807) is 7.11 Å². The molecule has 0 unspecified atom stereocenters. The summed E-state index contributed by atoms with van der Waals surface area (Å²) >= 11 is 0. The van der Waals surface area contributed by atoms with Gasteiger partial charge in [-0.05, 0) is 40.7 Å². The molecule has 1 saturated carbocycles. The molecule has 2 rings (SSSR count). The Morgan fingerprint density at radius 2 is 1.39 bits per heavy atom. The van der Waals surface area contributed by atoms with Crippen LogP contribution in [-0.2, 0) is 26.4 Å². The number of carbonyl (C=O) groups excluding carboxylic acids is 1. The quantitative estimate of drug-likeness (QED) is 0.638. The highest BCUT2D eigenvalue weighted by Crippen LogP contribution is 2.45. The third kappa shape index (κ3) is 4.53. The number of benzene rings is 1. The smallest absolute Gasteiger partial charge is 0.149 e. The maximum Gasteiger partial charge on any atom is 0.149 e. The van der Waals surface area contributed by atoms with E-state index in [0.717, 1.165) is 28.2 Å². The molecule has 0 saturated heterocycles. The van der Waals surface area contributed by atoms with E-state index in [0.29, 0.717) is 6.42 Å². The van der Waals surface area contributed by atoms with Crippen LogP contribution in [0.2, 0.25) is 0 Å². The van der Waals surface area contributed by atoms with Crippen LogP contribution in [0.15, 0.2) is 17.0 Å². The fourth-order valence-electron chi connectivity index (χ4n) is 4.17. The van der Waals surface area contributed by atoms with Crippen LogP contribution in [0.25, 0.3) is 0 Å². The van der Waals surface area contributed by atoms with E-state index in [1.165, 1.54) is 0 Å². The molecule has 1 aliphatic rings. The van der Waals surface area contributed by atoms with Crippen LogP contribution < -0.4 is 4.74 Å². The van der Waals surface area contributed by atoms with Gasteiger partial charge in [-0.3, -0.25) is 9.00 Å². The second-order valence-electron chi connectivity index (χ2n) is 11.2. The molecule has 0 spiro atoms. The number of methoxy groups -OCH3 is 1. The van der Waals surface area contributed by atoms with Gasteiger partial charge < -0.3 is 4.74 Å². The van der Waals surface area contributed by atoms with Gasteiger partial charge in [0, 0.05) is 22.4 Å². The Kier molecular flexibility index (Phi) is 6.27. The first kappa shape index (κ1) is 23.1. The summed E-state index contributed by atoms with van der Waals surface area (Å²) < 4.78 is 19.5. The Bertz CT molecular complexity index is 738. The van der Waals surface area contributed by atoms with Gasteiger partial charge in [0.1, 0.15) is 16.8 Å². The van der Waals surface area contributed by atoms with Gasteiger partial charge in [-0.2, -0.15) is 0 Å². The Morgan fingerprint density at radius 1 is 0.929 bits per heavy atom. The third-order valence-corrected chi connectivity index (χ3v) is 7.60. The highest BCUT2D eigenvalue weighted by Gasteiger charge is 2.45. The maximum absolute atomic E-state index is 13.7. The van der Waals surface area contributed by atoms with Crippen LogP contribution in [0.4, 0.5) is 0 Å².